The van der Waals surface area contributed by atoms with Crippen LogP contribution in [0.2, 0.25) is 5.02 Å². The zero-order chi connectivity index (χ0) is 108. The van der Waals surface area contributed by atoms with Crippen LogP contribution in [0.4, 0.5) is 4.79 Å². The number of halogens is 1. The van der Waals surface area contributed by atoms with Gasteiger partial charge in [-0.15, -0.1) is 0 Å². The summed E-state index contributed by atoms with van der Waals surface area (Å²) in [6.45, 7) is 1.91. The van der Waals surface area contributed by atoms with E-state index in [2.05, 4.69) is 18.2 Å². The molecule has 0 bridgehead atoms. The van der Waals surface area contributed by atoms with Crippen molar-refractivity contribution in [2.75, 3.05) is 26.3 Å². The number of phenols is 25. The number of hydrogen-bond donors (Lipinski definition) is 25. The lowest BCUT2D eigenvalue weighted by atomic mass is 9.88. The molecule has 149 heavy (non-hydrogen) atoms. The van der Waals surface area contributed by atoms with Crippen LogP contribution in [-0.4, -0.2) is 260 Å². The second kappa shape index (κ2) is 42.8. The van der Waals surface area contributed by atoms with Gasteiger partial charge in [-0.25, -0.2) is 52.7 Å². The summed E-state index contributed by atoms with van der Waals surface area (Å²) < 4.78 is 65.6. The number of aryl methyl sites for hydroxylation is 2. The van der Waals surface area contributed by atoms with Crippen LogP contribution in [-0.2, 0) is 46.0 Å². The van der Waals surface area contributed by atoms with Gasteiger partial charge in [-0.2, -0.15) is 0 Å². The van der Waals surface area contributed by atoms with Gasteiger partial charge in [0.25, 0.3) is 0 Å². The highest BCUT2D eigenvalue weighted by atomic mass is 35.5. The molecule has 1 amide bonds. The Balaban J connectivity index is 0.000000555. The number of hydrogen-bond acceptors (Lipinski definition) is 49. The van der Waals surface area contributed by atoms with E-state index in [1.807, 2.05) is 25.3 Å². The van der Waals surface area contributed by atoms with Gasteiger partial charge in [0.15, 0.2) is 156 Å². The molecular weight excluding hydrogens is 2010 g/mol. The maximum atomic E-state index is 15.3. The van der Waals surface area contributed by atoms with Gasteiger partial charge in [0.1, 0.15) is 12.7 Å². The second-order valence-electron chi connectivity index (χ2n) is 32.1. The quantitative estimate of drug-likeness (QED) is 0.0130. The average Bonchev–Trinajstić information content (AvgIpc) is 1.75. The Bertz CT molecular complexity index is 7460. The summed E-state index contributed by atoms with van der Waals surface area (Å²) >= 11 is 6.27. The van der Waals surface area contributed by atoms with Crippen LogP contribution in [0.25, 0.3) is 5.57 Å². The number of phenolic OH excluding ortho intramolecular Hbond substituents is 25. The molecule has 15 rings (SSSR count). The molecule has 25 N–H and O–H groups in total. The second-order valence-corrected chi connectivity index (χ2v) is 32.5. The van der Waals surface area contributed by atoms with Crippen LogP contribution >= 0.6 is 11.6 Å². The number of benzene rings is 11. The zero-order valence-electron chi connectivity index (χ0n) is 75.4. The number of rotatable bonds is 22. The van der Waals surface area contributed by atoms with Gasteiger partial charge in [0, 0.05) is 29.9 Å². The van der Waals surface area contributed by atoms with Crippen molar-refractivity contribution in [1.29, 1.82) is 0 Å². The van der Waals surface area contributed by atoms with E-state index in [0.29, 0.717) is 141 Å². The highest BCUT2D eigenvalue weighted by Gasteiger charge is 2.56. The molecular formula is C98H75ClN2O48. The number of carbonyl (C=O) groups is 11. The topological polar surface area (TPSA) is 820 Å². The van der Waals surface area contributed by atoms with Crippen LogP contribution in [0, 0.1) is 0 Å². The van der Waals surface area contributed by atoms with Gasteiger partial charge in [-0.1, -0.05) is 29.3 Å². The van der Waals surface area contributed by atoms with Gasteiger partial charge in [0.2, 0.25) is 41.1 Å². The first-order chi connectivity index (χ1) is 70.5. The van der Waals surface area contributed by atoms with E-state index in [1.54, 1.807) is 4.90 Å². The van der Waals surface area contributed by atoms with Gasteiger partial charge in [-0.3, -0.25) is 4.98 Å². The predicted octanol–water partition coefficient (Wildman–Crippen LogP) is 9.73. The van der Waals surface area contributed by atoms with Crippen molar-refractivity contribution in [3.05, 3.63) is 246 Å². The summed E-state index contributed by atoms with van der Waals surface area (Å²) in [5, 5.41) is 262. The van der Waals surface area contributed by atoms with Crippen LogP contribution < -0.4 is 23.7 Å². The molecule has 5 atom stereocenters. The van der Waals surface area contributed by atoms with Crippen molar-refractivity contribution >= 4 is 83.0 Å². The number of likely N-dealkylation sites (tertiary alicyclic amines) is 1. The summed E-state index contributed by atoms with van der Waals surface area (Å²) in [4.78, 5) is 161. The monoisotopic (exact) mass is 2080 g/mol. The fourth-order valence-corrected chi connectivity index (χ4v) is 15.1. The van der Waals surface area contributed by atoms with Gasteiger partial charge >= 0.3 is 65.8 Å². The number of ether oxygens (including phenoxy) is 12. The number of nitrogens with zero attached hydrogens (tertiary/aromatic N) is 2. The first-order valence-corrected chi connectivity index (χ1v) is 43.1. The third-order valence-corrected chi connectivity index (χ3v) is 22.5. The summed E-state index contributed by atoms with van der Waals surface area (Å²) in [5.74, 6) is -56.0. The molecule has 11 aromatic carbocycles. The fraction of sp³-hybridized carbons (Fsp3) is 0.143. The number of pyridine rings is 1. The van der Waals surface area contributed by atoms with Crippen LogP contribution in [0.5, 0.6) is 172 Å². The highest BCUT2D eigenvalue weighted by molar-refractivity contribution is 6.30. The molecule has 2 saturated heterocycles. The Morgan fingerprint density at radius 3 is 0.919 bits per heavy atom. The smallest absolute Gasteiger partial charge is 0.409 e. The van der Waals surface area contributed by atoms with E-state index in [1.165, 1.54) is 27.8 Å². The number of esters is 10. The minimum absolute atomic E-state index is 0.215. The SMILES string of the molecule is CCOC(=O)N1CCC(=C2c3ccc(Cl)cc3CCc3cccnc32)CC1.O=C(OC[C@H]1O[C@@H](OC(=O)c2cc(O)c(O)c(OC(=O)c3cc(O)c(O)c(O)c3)c2)[C@H](OC(=O)c2cc(O)c(O)c(OC(=O)c3cc(O)c(O)c(O)c3)c2)[C@@H](OC(=O)c2cc(O)c(O)c(OC(=O)c3cc(O)c(O)c(O)c3)c2)[C@@H]1OC(=O)c1cc(O)c(O)c(OC(=O)c2cc(O)c(O)c(O)c2)c1)c1cc(O)c(O)c(OC(=O)c2cc(O)c(O)c(O)c2)c1. The molecule has 1 aliphatic carbocycles. The van der Waals surface area contributed by atoms with Crippen molar-refractivity contribution in [2.24, 2.45) is 0 Å². The van der Waals surface area contributed by atoms with Gasteiger partial charge < -0.3 is 189 Å². The van der Waals surface area contributed by atoms with Gasteiger partial charge in [0.05, 0.1) is 67.9 Å². The predicted molar refractivity (Wildman–Crippen MR) is 490 cm³/mol. The van der Waals surface area contributed by atoms with E-state index in [4.69, 9.17) is 73.4 Å². The van der Waals surface area contributed by atoms with Crippen molar-refractivity contribution in [3.8, 4) is 172 Å². The third-order valence-electron chi connectivity index (χ3n) is 22.3. The number of amides is 1. The number of aromatic nitrogens is 1. The molecule has 12 aromatic rings. The first kappa shape index (κ1) is 104. The number of carbonyl (C=O) groups excluding carboxylic acids is 11. The lowest BCUT2D eigenvalue weighted by molar-refractivity contribution is -0.282. The molecule has 0 saturated carbocycles. The van der Waals surface area contributed by atoms with E-state index in [-0.39, 0.29) is 6.09 Å². The lowest BCUT2D eigenvalue weighted by Crippen LogP contribution is -2.63. The third kappa shape index (κ3) is 22.5. The Labute approximate surface area is 834 Å². The normalized spacial score (nSPS) is 15.0. The molecule has 0 unspecified atom stereocenters. The van der Waals surface area contributed by atoms with Crippen molar-refractivity contribution < 1.29 is 237 Å². The Hall–Kier alpha value is -20.5. The maximum absolute atomic E-state index is 15.3. The minimum atomic E-state index is -3.12. The average molecular weight is 2080 g/mol. The summed E-state index contributed by atoms with van der Waals surface area (Å²) in [6.07, 6.45) is -9.80. The zero-order valence-corrected chi connectivity index (χ0v) is 76.2. The first-order valence-electron chi connectivity index (χ1n) is 42.7. The molecule has 3 heterocycles. The van der Waals surface area contributed by atoms with Gasteiger partial charge in [-0.05, 0) is 189 Å². The lowest BCUT2D eigenvalue weighted by Gasteiger charge is -2.43. The fourth-order valence-electron chi connectivity index (χ4n) is 14.9. The van der Waals surface area contributed by atoms with Crippen molar-refractivity contribution in [1.82, 2.24) is 9.88 Å². The number of fused-ring (bicyclic) bond motifs is 2. The van der Waals surface area contributed by atoms with E-state index >= 15 is 14.4 Å². The molecule has 51 heteroatoms. The number of aromatic hydroxyl groups is 25. The highest BCUT2D eigenvalue weighted by Crippen LogP contribution is 2.50. The maximum Gasteiger partial charge on any atom is 0.409 e. The van der Waals surface area contributed by atoms with E-state index in [0.717, 1.165) is 36.4 Å². The van der Waals surface area contributed by atoms with Crippen molar-refractivity contribution in [2.45, 2.75) is 63.3 Å². The molecule has 0 radical (unpaired) electrons. The molecule has 2 fully saturated rings. The van der Waals surface area contributed by atoms with Crippen LogP contribution in [0.3, 0.4) is 0 Å². The van der Waals surface area contributed by atoms with Crippen LogP contribution in [0.1, 0.15) is 146 Å². The standard InChI is InChI=1S/C76H52O46.C22H23ClN2O2/c77-32-1-22(2-33(78)53(32)92)67(103)113-47-16-27(11-42(87)58(47)97)66(102)112-21-52-63(119-72(108)28-12-43(88)59(98)48(17-28)114-68(104)23-3-34(79)54(93)35(80)4-23)64(120-73(109)29-13-44(89)60(99)49(18-29)115-69(105)24-5-36(81)55(94)37(82)6-24)65(121-74(110)30-14-45(90)61(100)50(19-30)116-70(106)25-7-38(83)56(95)39(84)8-25)76(118-52)122-75(111)31-15-46(91)62(101)51(20-31)117-71(107)26-9-40(85)57(96)41(86)10-26;1-2-27-22(26)25-12-9-15(10-13-25)20-19-8-7-18(23)14-17(19)6-5-16-4-3-11-24-21(16)20/h1-20,52,63-65,76-101H,21H2;3-4,7-8,11,14H,2,5-6,9-10,12-13H2,1H3/t52-,63-,64+,65-,76+;/m1./s1. The minimum Gasteiger partial charge on any atom is -0.504 e. The summed E-state index contributed by atoms with van der Waals surface area (Å²) in [6, 6.07) is 18.9. The Morgan fingerprint density at radius 1 is 0.315 bits per heavy atom. The van der Waals surface area contributed by atoms with Crippen molar-refractivity contribution in [3.63, 3.8) is 0 Å². The summed E-state index contributed by atoms with van der Waals surface area (Å²) in [7, 11) is 0. The number of piperidine rings is 1. The molecule has 0 spiro atoms. The van der Waals surface area contributed by atoms with E-state index < -0.39 is 325 Å². The molecule has 3 aliphatic rings. The summed E-state index contributed by atoms with van der Waals surface area (Å²) in [5.41, 5.74) is -2.43. The Kier molecular flexibility index (Phi) is 29.9. The molecule has 50 nitrogen and oxygen atoms in total. The molecule has 2 aliphatic heterocycles. The molecule has 1 aromatic heterocycles. The van der Waals surface area contributed by atoms with Crippen LogP contribution in [0.15, 0.2) is 163 Å². The molecule has 772 valence electrons. The Morgan fingerprint density at radius 2 is 0.597 bits per heavy atom. The van der Waals surface area contributed by atoms with E-state index in [9.17, 15) is 166 Å². The largest absolute Gasteiger partial charge is 0.504 e.